The van der Waals surface area contributed by atoms with Crippen molar-refractivity contribution in [1.82, 2.24) is 5.32 Å². The SMILES string of the molecule is CC(C)(C)OC(=O)NC(CO)c1cccc(Oc2ccccc2)c1. The molecule has 128 valence electrons. The van der Waals surface area contributed by atoms with Crippen LogP contribution in [0.1, 0.15) is 32.4 Å². The molecule has 1 atom stereocenters. The highest BCUT2D eigenvalue weighted by molar-refractivity contribution is 5.68. The van der Waals surface area contributed by atoms with Gasteiger partial charge in [-0.05, 0) is 50.6 Å². The topological polar surface area (TPSA) is 67.8 Å². The Hall–Kier alpha value is -2.53. The summed E-state index contributed by atoms with van der Waals surface area (Å²) in [5.74, 6) is 1.35. The van der Waals surface area contributed by atoms with Gasteiger partial charge in [0.15, 0.2) is 0 Å². The van der Waals surface area contributed by atoms with Gasteiger partial charge in [0.1, 0.15) is 17.1 Å². The standard InChI is InChI=1S/C19H23NO4/c1-19(2,3)24-18(22)20-17(13-21)14-8-7-11-16(12-14)23-15-9-5-4-6-10-15/h4-12,17,21H,13H2,1-3H3,(H,20,22). The number of para-hydroxylation sites is 1. The van der Waals surface area contributed by atoms with E-state index >= 15 is 0 Å². The van der Waals surface area contributed by atoms with Crippen molar-refractivity contribution in [3.63, 3.8) is 0 Å². The second-order valence-corrected chi connectivity index (χ2v) is 6.37. The van der Waals surface area contributed by atoms with Gasteiger partial charge in [-0.15, -0.1) is 0 Å². The highest BCUT2D eigenvalue weighted by Gasteiger charge is 2.20. The summed E-state index contributed by atoms with van der Waals surface area (Å²) >= 11 is 0. The average molecular weight is 329 g/mol. The van der Waals surface area contributed by atoms with Gasteiger partial charge in [0.05, 0.1) is 12.6 Å². The van der Waals surface area contributed by atoms with Gasteiger partial charge >= 0.3 is 6.09 Å². The maximum Gasteiger partial charge on any atom is 0.408 e. The monoisotopic (exact) mass is 329 g/mol. The number of rotatable bonds is 5. The summed E-state index contributed by atoms with van der Waals surface area (Å²) < 4.78 is 11.0. The Morgan fingerprint density at radius 1 is 1.08 bits per heavy atom. The van der Waals surface area contributed by atoms with Crippen LogP contribution in [-0.4, -0.2) is 23.4 Å². The summed E-state index contributed by atoms with van der Waals surface area (Å²) in [5, 5.41) is 12.3. The van der Waals surface area contributed by atoms with Crippen LogP contribution in [0.3, 0.4) is 0 Å². The Kier molecular flexibility index (Phi) is 5.82. The molecular formula is C19H23NO4. The number of hydrogen-bond acceptors (Lipinski definition) is 4. The van der Waals surface area contributed by atoms with Crippen molar-refractivity contribution in [2.24, 2.45) is 0 Å². The first-order chi connectivity index (χ1) is 11.4. The first-order valence-electron chi connectivity index (χ1n) is 7.80. The molecule has 2 N–H and O–H groups in total. The summed E-state index contributed by atoms with van der Waals surface area (Å²) in [6.07, 6.45) is -0.573. The Morgan fingerprint density at radius 2 is 1.75 bits per heavy atom. The number of amides is 1. The highest BCUT2D eigenvalue weighted by Crippen LogP contribution is 2.24. The maximum absolute atomic E-state index is 11.9. The van der Waals surface area contributed by atoms with Crippen LogP contribution in [0.25, 0.3) is 0 Å². The van der Waals surface area contributed by atoms with Crippen LogP contribution < -0.4 is 10.1 Å². The minimum Gasteiger partial charge on any atom is -0.457 e. The lowest BCUT2D eigenvalue weighted by atomic mass is 10.1. The van der Waals surface area contributed by atoms with Crippen molar-refractivity contribution in [2.45, 2.75) is 32.4 Å². The number of ether oxygens (including phenoxy) is 2. The molecular weight excluding hydrogens is 306 g/mol. The van der Waals surface area contributed by atoms with E-state index in [1.165, 1.54) is 0 Å². The molecule has 0 aliphatic heterocycles. The van der Waals surface area contributed by atoms with E-state index in [9.17, 15) is 9.90 Å². The van der Waals surface area contributed by atoms with Crippen LogP contribution >= 0.6 is 0 Å². The van der Waals surface area contributed by atoms with Gasteiger partial charge in [0, 0.05) is 0 Å². The number of benzene rings is 2. The average Bonchev–Trinajstić information content (AvgIpc) is 2.52. The molecule has 0 spiro atoms. The van der Waals surface area contributed by atoms with E-state index in [0.29, 0.717) is 5.75 Å². The molecule has 0 heterocycles. The molecule has 1 unspecified atom stereocenters. The third-order valence-corrected chi connectivity index (χ3v) is 3.11. The molecule has 0 bridgehead atoms. The zero-order valence-corrected chi connectivity index (χ0v) is 14.2. The van der Waals surface area contributed by atoms with Gasteiger partial charge in [0.2, 0.25) is 0 Å². The van der Waals surface area contributed by atoms with E-state index in [0.717, 1.165) is 11.3 Å². The van der Waals surface area contributed by atoms with Gasteiger partial charge < -0.3 is 19.9 Å². The summed E-state index contributed by atoms with van der Waals surface area (Å²) in [6.45, 7) is 5.12. The molecule has 5 heteroatoms. The van der Waals surface area contributed by atoms with Crippen LogP contribution in [-0.2, 0) is 4.74 Å². The Bertz CT molecular complexity index is 665. The number of hydrogen-bond donors (Lipinski definition) is 2. The molecule has 5 nitrogen and oxygen atoms in total. The molecule has 1 amide bonds. The van der Waals surface area contributed by atoms with Crippen LogP contribution in [0.15, 0.2) is 54.6 Å². The fraction of sp³-hybridized carbons (Fsp3) is 0.316. The lowest BCUT2D eigenvalue weighted by molar-refractivity contribution is 0.0481. The van der Waals surface area contributed by atoms with Crippen LogP contribution in [0, 0.1) is 0 Å². The van der Waals surface area contributed by atoms with E-state index < -0.39 is 17.7 Å². The Labute approximate surface area is 142 Å². The number of carbonyl (C=O) groups is 1. The van der Waals surface area contributed by atoms with Crippen LogP contribution in [0.4, 0.5) is 4.79 Å². The van der Waals surface area contributed by atoms with Crippen molar-refractivity contribution < 1.29 is 19.4 Å². The van der Waals surface area contributed by atoms with Gasteiger partial charge in [-0.3, -0.25) is 0 Å². The number of nitrogens with one attached hydrogen (secondary N) is 1. The third kappa shape index (κ3) is 5.59. The van der Waals surface area contributed by atoms with Crippen molar-refractivity contribution in [1.29, 1.82) is 0 Å². The van der Waals surface area contributed by atoms with Crippen LogP contribution in [0.5, 0.6) is 11.5 Å². The molecule has 0 aliphatic carbocycles. The van der Waals surface area contributed by atoms with E-state index in [2.05, 4.69) is 5.32 Å². The predicted octanol–water partition coefficient (Wildman–Crippen LogP) is 4.04. The van der Waals surface area contributed by atoms with E-state index in [1.54, 1.807) is 26.8 Å². The molecule has 0 aromatic heterocycles. The van der Waals surface area contributed by atoms with Gasteiger partial charge in [-0.25, -0.2) is 4.79 Å². The number of alkyl carbamates (subject to hydrolysis) is 1. The quantitative estimate of drug-likeness (QED) is 0.869. The zero-order chi connectivity index (χ0) is 17.6. The third-order valence-electron chi connectivity index (χ3n) is 3.11. The molecule has 24 heavy (non-hydrogen) atoms. The zero-order valence-electron chi connectivity index (χ0n) is 14.2. The van der Waals surface area contributed by atoms with Gasteiger partial charge in [-0.2, -0.15) is 0 Å². The summed E-state index contributed by atoms with van der Waals surface area (Å²) in [6, 6.07) is 16.1. The number of carbonyl (C=O) groups excluding carboxylic acids is 1. The predicted molar refractivity (Wildman–Crippen MR) is 92.2 cm³/mol. The fourth-order valence-electron chi connectivity index (χ4n) is 2.10. The molecule has 0 radical (unpaired) electrons. The molecule has 0 aliphatic rings. The van der Waals surface area contributed by atoms with E-state index in [-0.39, 0.29) is 6.61 Å². The van der Waals surface area contributed by atoms with Crippen molar-refractivity contribution in [3.05, 3.63) is 60.2 Å². The lowest BCUT2D eigenvalue weighted by Gasteiger charge is -2.23. The Balaban J connectivity index is 2.09. The minimum absolute atomic E-state index is 0.242. The summed E-state index contributed by atoms with van der Waals surface area (Å²) in [7, 11) is 0. The second kappa shape index (κ2) is 7.84. The van der Waals surface area contributed by atoms with E-state index in [4.69, 9.17) is 9.47 Å². The molecule has 0 fully saturated rings. The number of aliphatic hydroxyl groups excluding tert-OH is 1. The van der Waals surface area contributed by atoms with Crippen molar-refractivity contribution in [3.8, 4) is 11.5 Å². The Morgan fingerprint density at radius 3 is 2.38 bits per heavy atom. The normalized spacial score (nSPS) is 12.3. The molecule has 2 aromatic rings. The van der Waals surface area contributed by atoms with Crippen molar-refractivity contribution >= 4 is 6.09 Å². The molecule has 0 saturated carbocycles. The molecule has 2 rings (SSSR count). The first-order valence-corrected chi connectivity index (χ1v) is 7.80. The largest absolute Gasteiger partial charge is 0.457 e. The number of aliphatic hydroxyl groups is 1. The van der Waals surface area contributed by atoms with Gasteiger partial charge in [0.25, 0.3) is 0 Å². The fourth-order valence-corrected chi connectivity index (χ4v) is 2.10. The first kappa shape index (κ1) is 17.8. The summed E-state index contributed by atoms with van der Waals surface area (Å²) in [4.78, 5) is 11.9. The lowest BCUT2D eigenvalue weighted by Crippen LogP contribution is -2.36. The highest BCUT2D eigenvalue weighted by atomic mass is 16.6. The molecule has 0 saturated heterocycles. The second-order valence-electron chi connectivity index (χ2n) is 6.37. The minimum atomic E-state index is -0.595. The van der Waals surface area contributed by atoms with Gasteiger partial charge in [-0.1, -0.05) is 30.3 Å². The van der Waals surface area contributed by atoms with Crippen LogP contribution in [0.2, 0.25) is 0 Å². The van der Waals surface area contributed by atoms with E-state index in [1.807, 2.05) is 48.5 Å². The maximum atomic E-state index is 11.9. The molecule has 2 aromatic carbocycles. The smallest absolute Gasteiger partial charge is 0.408 e. The van der Waals surface area contributed by atoms with Crippen molar-refractivity contribution in [2.75, 3.05) is 6.61 Å². The summed E-state index contributed by atoms with van der Waals surface area (Å²) in [5.41, 5.74) is 0.138.